The molecule has 0 spiro atoms. The van der Waals surface area contributed by atoms with Crippen molar-refractivity contribution in [2.75, 3.05) is 49.2 Å². The van der Waals surface area contributed by atoms with Crippen molar-refractivity contribution >= 4 is 33.7 Å². The summed E-state index contributed by atoms with van der Waals surface area (Å²) in [5.74, 6) is 0.496. The number of oxazole rings is 1. The first-order valence-corrected chi connectivity index (χ1v) is 11.2. The molecule has 0 unspecified atom stereocenters. The van der Waals surface area contributed by atoms with Crippen LogP contribution in [0.1, 0.15) is 30.0 Å². The van der Waals surface area contributed by atoms with Gasteiger partial charge in [0.25, 0.3) is 6.01 Å². The number of morpholine rings is 1. The smallest absolute Gasteiger partial charge is 0.298 e. The first-order chi connectivity index (χ1) is 15.2. The second-order valence-electron chi connectivity index (χ2n) is 8.67. The maximum absolute atomic E-state index is 6.00. The van der Waals surface area contributed by atoms with Crippen molar-refractivity contribution in [3.8, 4) is 0 Å². The summed E-state index contributed by atoms with van der Waals surface area (Å²) in [6.45, 7) is 7.29. The molecule has 4 heterocycles. The van der Waals surface area contributed by atoms with E-state index >= 15 is 0 Å². The summed E-state index contributed by atoms with van der Waals surface area (Å²) < 4.78 is 11.4. The molecule has 31 heavy (non-hydrogen) atoms. The van der Waals surface area contributed by atoms with E-state index in [-0.39, 0.29) is 0 Å². The summed E-state index contributed by atoms with van der Waals surface area (Å²) in [6, 6.07) is 13.6. The van der Waals surface area contributed by atoms with Crippen molar-refractivity contribution < 1.29 is 9.15 Å². The van der Waals surface area contributed by atoms with Gasteiger partial charge >= 0.3 is 0 Å². The lowest BCUT2D eigenvalue weighted by Crippen LogP contribution is -2.36. The maximum Gasteiger partial charge on any atom is 0.298 e. The van der Waals surface area contributed by atoms with E-state index in [1.165, 1.54) is 22.3 Å². The summed E-state index contributed by atoms with van der Waals surface area (Å²) in [7, 11) is 0. The number of benzene rings is 2. The monoisotopic (exact) mass is 417 g/mol. The highest BCUT2D eigenvalue weighted by Gasteiger charge is 2.25. The Morgan fingerprint density at radius 1 is 0.968 bits per heavy atom. The molecule has 0 amide bonds. The number of fused-ring (bicyclic) bond motifs is 2. The Bertz CT molecular complexity index is 1220. The number of piperidine rings is 1. The molecule has 2 fully saturated rings. The van der Waals surface area contributed by atoms with Gasteiger partial charge in [0, 0.05) is 43.2 Å². The van der Waals surface area contributed by atoms with Crippen LogP contribution in [0.5, 0.6) is 0 Å². The SMILES string of the molecule is Cc1ccc2[nH]nc(C3CCN(c4ccc5oc(N6CCOCC6)nc5c4)CC3)c2c1. The number of anilines is 2. The number of aromatic nitrogens is 3. The van der Waals surface area contributed by atoms with Gasteiger partial charge in [0.05, 0.1) is 24.4 Å². The van der Waals surface area contributed by atoms with E-state index < -0.39 is 0 Å². The maximum atomic E-state index is 6.00. The van der Waals surface area contributed by atoms with Crippen molar-refractivity contribution in [3.63, 3.8) is 0 Å². The van der Waals surface area contributed by atoms with E-state index in [4.69, 9.17) is 14.1 Å². The topological polar surface area (TPSA) is 70.4 Å². The number of nitrogens with one attached hydrogen (secondary N) is 1. The van der Waals surface area contributed by atoms with Gasteiger partial charge in [-0.2, -0.15) is 10.1 Å². The van der Waals surface area contributed by atoms with Gasteiger partial charge in [-0.05, 0) is 50.1 Å². The van der Waals surface area contributed by atoms with Crippen LogP contribution in [0.25, 0.3) is 22.0 Å². The van der Waals surface area contributed by atoms with Crippen molar-refractivity contribution in [1.82, 2.24) is 15.2 Å². The highest BCUT2D eigenvalue weighted by Crippen LogP contribution is 2.34. The molecule has 0 atom stereocenters. The van der Waals surface area contributed by atoms with Gasteiger partial charge in [-0.3, -0.25) is 5.10 Å². The molecular weight excluding hydrogens is 390 g/mol. The van der Waals surface area contributed by atoms with Gasteiger partial charge < -0.3 is 19.0 Å². The van der Waals surface area contributed by atoms with Crippen LogP contribution >= 0.6 is 0 Å². The largest absolute Gasteiger partial charge is 0.423 e. The Kier molecular flexibility index (Phi) is 4.56. The zero-order chi connectivity index (χ0) is 20.8. The molecule has 7 heteroatoms. The number of hydrogen-bond donors (Lipinski definition) is 1. The third-order valence-electron chi connectivity index (χ3n) is 6.64. The molecule has 7 nitrogen and oxygen atoms in total. The lowest BCUT2D eigenvalue weighted by molar-refractivity contribution is 0.120. The minimum Gasteiger partial charge on any atom is -0.423 e. The van der Waals surface area contributed by atoms with Crippen molar-refractivity contribution in [2.45, 2.75) is 25.7 Å². The Morgan fingerprint density at radius 3 is 2.65 bits per heavy atom. The second kappa shape index (κ2) is 7.57. The molecule has 0 saturated carbocycles. The molecule has 160 valence electrons. The number of nitrogens with zero attached hydrogens (tertiary/aromatic N) is 4. The van der Waals surface area contributed by atoms with Gasteiger partial charge in [0.2, 0.25) is 0 Å². The Hall–Kier alpha value is -3.06. The fourth-order valence-electron chi connectivity index (χ4n) is 4.86. The van der Waals surface area contributed by atoms with Crippen LogP contribution in [-0.2, 0) is 4.74 Å². The number of hydrogen-bond acceptors (Lipinski definition) is 6. The average Bonchev–Trinajstić information content (AvgIpc) is 3.43. The molecule has 2 saturated heterocycles. The lowest BCUT2D eigenvalue weighted by Gasteiger charge is -2.33. The van der Waals surface area contributed by atoms with E-state index in [1.54, 1.807) is 0 Å². The molecule has 1 N–H and O–H groups in total. The van der Waals surface area contributed by atoms with Crippen LogP contribution in [0.2, 0.25) is 0 Å². The Morgan fingerprint density at radius 2 is 1.81 bits per heavy atom. The van der Waals surface area contributed by atoms with Crippen molar-refractivity contribution in [2.24, 2.45) is 0 Å². The van der Waals surface area contributed by atoms with E-state index in [0.29, 0.717) is 11.9 Å². The molecule has 0 bridgehead atoms. The van der Waals surface area contributed by atoms with E-state index in [1.807, 2.05) is 0 Å². The van der Waals surface area contributed by atoms with Gasteiger partial charge in [-0.1, -0.05) is 11.6 Å². The molecule has 6 rings (SSSR count). The number of aromatic amines is 1. The van der Waals surface area contributed by atoms with Gasteiger partial charge in [0.15, 0.2) is 5.58 Å². The summed E-state index contributed by atoms with van der Waals surface area (Å²) in [5.41, 5.74) is 6.63. The fourth-order valence-corrected chi connectivity index (χ4v) is 4.86. The molecular formula is C24H27N5O2. The molecule has 2 aliphatic rings. The minimum absolute atomic E-state index is 0.496. The average molecular weight is 418 g/mol. The van der Waals surface area contributed by atoms with E-state index in [2.05, 4.69) is 63.3 Å². The fraction of sp³-hybridized carbons (Fsp3) is 0.417. The highest BCUT2D eigenvalue weighted by atomic mass is 16.5. The van der Waals surface area contributed by atoms with E-state index in [0.717, 1.165) is 68.9 Å². The molecule has 0 aliphatic carbocycles. The van der Waals surface area contributed by atoms with Gasteiger partial charge in [0.1, 0.15) is 5.52 Å². The molecule has 4 aromatic rings. The third-order valence-corrected chi connectivity index (χ3v) is 6.64. The normalized spacial score (nSPS) is 18.4. The quantitative estimate of drug-likeness (QED) is 0.538. The first-order valence-electron chi connectivity index (χ1n) is 11.2. The first kappa shape index (κ1) is 18.7. The van der Waals surface area contributed by atoms with Crippen LogP contribution in [0, 0.1) is 6.92 Å². The van der Waals surface area contributed by atoms with E-state index in [9.17, 15) is 0 Å². The number of H-pyrrole nitrogens is 1. The predicted molar refractivity (Wildman–Crippen MR) is 122 cm³/mol. The number of aryl methyl sites for hydroxylation is 1. The second-order valence-corrected chi connectivity index (χ2v) is 8.67. The lowest BCUT2D eigenvalue weighted by atomic mass is 9.91. The predicted octanol–water partition coefficient (Wildman–Crippen LogP) is 4.23. The Balaban J connectivity index is 1.19. The van der Waals surface area contributed by atoms with Crippen molar-refractivity contribution in [1.29, 1.82) is 0 Å². The molecule has 0 radical (unpaired) electrons. The van der Waals surface area contributed by atoms with Crippen molar-refractivity contribution in [3.05, 3.63) is 47.7 Å². The van der Waals surface area contributed by atoms with Crippen LogP contribution in [0.15, 0.2) is 40.8 Å². The summed E-state index contributed by atoms with van der Waals surface area (Å²) in [6.07, 6.45) is 2.20. The summed E-state index contributed by atoms with van der Waals surface area (Å²) >= 11 is 0. The van der Waals surface area contributed by atoms with Gasteiger partial charge in [-0.15, -0.1) is 0 Å². The number of rotatable bonds is 3. The minimum atomic E-state index is 0.496. The standard InChI is InChI=1S/C24H27N5O2/c1-16-2-4-20-19(14-16)23(27-26-20)17-6-8-28(9-7-17)18-3-5-22-21(15-18)25-24(31-22)29-10-12-30-13-11-29/h2-5,14-15,17H,6-13H2,1H3,(H,26,27). The Labute approximate surface area is 181 Å². The summed E-state index contributed by atoms with van der Waals surface area (Å²) in [4.78, 5) is 9.37. The van der Waals surface area contributed by atoms with Crippen LogP contribution in [0.4, 0.5) is 11.7 Å². The molecule has 2 aromatic carbocycles. The van der Waals surface area contributed by atoms with Gasteiger partial charge in [-0.25, -0.2) is 0 Å². The zero-order valence-corrected chi connectivity index (χ0v) is 17.8. The third kappa shape index (κ3) is 3.43. The highest BCUT2D eigenvalue weighted by molar-refractivity contribution is 5.83. The van der Waals surface area contributed by atoms with Crippen LogP contribution in [-0.4, -0.2) is 54.6 Å². The zero-order valence-electron chi connectivity index (χ0n) is 17.8. The molecule has 2 aromatic heterocycles. The van der Waals surface area contributed by atoms with Crippen LogP contribution in [0.3, 0.4) is 0 Å². The molecule has 2 aliphatic heterocycles. The van der Waals surface area contributed by atoms with Crippen LogP contribution < -0.4 is 9.80 Å². The summed E-state index contributed by atoms with van der Waals surface area (Å²) in [5, 5.41) is 9.15. The number of ether oxygens (including phenoxy) is 1.